The Labute approximate surface area is 270 Å². The van der Waals surface area contributed by atoms with Crippen LogP contribution < -0.4 is 4.90 Å². The molecule has 1 aliphatic rings. The maximum Gasteiger partial charge on any atom is 0.308 e. The lowest BCUT2D eigenvalue weighted by molar-refractivity contribution is -0.145. The Morgan fingerprint density at radius 2 is 1.57 bits per heavy atom. The number of hydrogen-bond donors (Lipinski definition) is 0. The zero-order valence-electron chi connectivity index (χ0n) is 25.8. The number of rotatable bonds is 10. The summed E-state index contributed by atoms with van der Waals surface area (Å²) in [4.78, 5) is 46.2. The van der Waals surface area contributed by atoms with E-state index in [4.69, 9.17) is 10.00 Å². The Hall–Kier alpha value is -5.66. The fraction of sp³-hybridized carbons (Fsp3) is 0.231. The van der Waals surface area contributed by atoms with Crippen LogP contribution in [0.4, 0.5) is 5.69 Å². The molecule has 1 aliphatic heterocycles. The van der Waals surface area contributed by atoms with Crippen LogP contribution in [-0.2, 0) is 20.9 Å². The van der Waals surface area contributed by atoms with Crippen molar-refractivity contribution in [3.8, 4) is 17.9 Å². The molecule has 2 amide bonds. The molecule has 0 aromatic heterocycles. The van der Waals surface area contributed by atoms with E-state index in [2.05, 4.69) is 17.9 Å². The van der Waals surface area contributed by atoms with Crippen LogP contribution in [0.3, 0.4) is 0 Å². The summed E-state index contributed by atoms with van der Waals surface area (Å²) >= 11 is 0. The highest BCUT2D eigenvalue weighted by Crippen LogP contribution is 2.42. The van der Waals surface area contributed by atoms with Crippen LogP contribution in [0.1, 0.15) is 77.3 Å². The molecule has 1 heterocycles. The molecule has 0 radical (unpaired) electrons. The molecule has 7 heteroatoms. The highest BCUT2D eigenvalue weighted by atomic mass is 16.5. The predicted octanol–water partition coefficient (Wildman–Crippen LogP) is 7.16. The Kier molecular flexibility index (Phi) is 10.6. The van der Waals surface area contributed by atoms with Gasteiger partial charge in [-0.25, -0.2) is 0 Å². The second-order valence-electron chi connectivity index (χ2n) is 10.9. The zero-order chi connectivity index (χ0) is 32.3. The molecule has 0 bridgehead atoms. The minimum Gasteiger partial charge on any atom is -0.466 e. The number of nitrogens with zero attached hydrogens (tertiary/aromatic N) is 3. The van der Waals surface area contributed by atoms with Crippen molar-refractivity contribution < 1.29 is 19.1 Å². The van der Waals surface area contributed by atoms with Crippen molar-refractivity contribution >= 4 is 23.5 Å². The monoisotopic (exact) mass is 609 g/mol. The molecule has 0 saturated carbocycles. The van der Waals surface area contributed by atoms with Gasteiger partial charge in [0.2, 0.25) is 0 Å². The highest BCUT2D eigenvalue weighted by molar-refractivity contribution is 6.11. The highest BCUT2D eigenvalue weighted by Gasteiger charge is 2.44. The molecule has 46 heavy (non-hydrogen) atoms. The van der Waals surface area contributed by atoms with E-state index in [0.29, 0.717) is 47.2 Å². The van der Waals surface area contributed by atoms with Gasteiger partial charge in [0.1, 0.15) is 6.04 Å². The summed E-state index contributed by atoms with van der Waals surface area (Å²) in [6.07, 6.45) is 1.50. The quantitative estimate of drug-likeness (QED) is 0.108. The van der Waals surface area contributed by atoms with E-state index in [1.54, 1.807) is 28.9 Å². The van der Waals surface area contributed by atoms with Gasteiger partial charge in [0, 0.05) is 18.4 Å². The van der Waals surface area contributed by atoms with Gasteiger partial charge in [-0.3, -0.25) is 14.4 Å². The zero-order valence-corrected chi connectivity index (χ0v) is 25.8. The fourth-order valence-corrected chi connectivity index (χ4v) is 5.70. The van der Waals surface area contributed by atoms with Gasteiger partial charge in [0.05, 0.1) is 42.9 Å². The van der Waals surface area contributed by atoms with Crippen LogP contribution in [-0.4, -0.2) is 29.3 Å². The predicted molar refractivity (Wildman–Crippen MR) is 176 cm³/mol. The van der Waals surface area contributed by atoms with Gasteiger partial charge >= 0.3 is 5.97 Å². The number of fused-ring (bicyclic) bond motifs is 1. The standard InChI is InChI=1S/C39H35N3O4/c1-2-46-36(43)27-35(31-19-11-6-12-20-31)42-37(32-21-13-7-14-22-32)39(45)41(28-30-17-9-5-10-18-30)34-24-23-29(26-33(34)38(42)44)16-8-3-4-15-25-40/h5-7,9-14,17-24,26,35,37H,2-4,15,27-28H2,1H3. The summed E-state index contributed by atoms with van der Waals surface area (Å²) in [6.45, 7) is 2.17. The van der Waals surface area contributed by atoms with Gasteiger partial charge in [-0.15, -0.1) is 0 Å². The van der Waals surface area contributed by atoms with Gasteiger partial charge in [-0.05, 0) is 48.2 Å². The maximum absolute atomic E-state index is 15.0. The lowest BCUT2D eigenvalue weighted by atomic mass is 9.95. The van der Waals surface area contributed by atoms with Gasteiger partial charge in [0.25, 0.3) is 11.8 Å². The Bertz CT molecular complexity index is 1770. The number of benzene rings is 4. The molecular formula is C39H35N3O4. The van der Waals surface area contributed by atoms with Crippen LogP contribution in [0.15, 0.2) is 109 Å². The van der Waals surface area contributed by atoms with Crippen LogP contribution in [0.25, 0.3) is 0 Å². The van der Waals surface area contributed by atoms with E-state index < -0.39 is 18.1 Å². The van der Waals surface area contributed by atoms with Crippen molar-refractivity contribution in [1.29, 1.82) is 5.26 Å². The Morgan fingerprint density at radius 3 is 2.24 bits per heavy atom. The Balaban J connectivity index is 1.72. The van der Waals surface area contributed by atoms with Crippen molar-refractivity contribution in [2.75, 3.05) is 11.5 Å². The minimum absolute atomic E-state index is 0.132. The molecule has 4 aromatic carbocycles. The number of esters is 1. The van der Waals surface area contributed by atoms with Crippen molar-refractivity contribution in [3.05, 3.63) is 137 Å². The Morgan fingerprint density at radius 1 is 0.891 bits per heavy atom. The number of carbonyl (C=O) groups excluding carboxylic acids is 3. The molecular weight excluding hydrogens is 574 g/mol. The topological polar surface area (TPSA) is 90.7 Å². The van der Waals surface area contributed by atoms with Crippen LogP contribution in [0.5, 0.6) is 0 Å². The summed E-state index contributed by atoms with van der Waals surface area (Å²) in [5, 5.41) is 8.86. The first-order chi connectivity index (χ1) is 22.5. The summed E-state index contributed by atoms with van der Waals surface area (Å²) in [5.74, 6) is 5.08. The van der Waals surface area contributed by atoms with Crippen molar-refractivity contribution in [1.82, 2.24) is 4.90 Å². The maximum atomic E-state index is 15.0. The first kappa shape index (κ1) is 31.8. The minimum atomic E-state index is -1.04. The third-order valence-corrected chi connectivity index (χ3v) is 7.84. The third-order valence-electron chi connectivity index (χ3n) is 7.84. The number of carbonyl (C=O) groups is 3. The number of unbranched alkanes of at least 4 members (excludes halogenated alkanes) is 2. The summed E-state index contributed by atoms with van der Waals surface area (Å²) in [6, 6.07) is 33.8. The first-order valence-corrected chi connectivity index (χ1v) is 15.4. The van der Waals surface area contributed by atoms with Crippen LogP contribution in [0, 0.1) is 23.2 Å². The fourth-order valence-electron chi connectivity index (χ4n) is 5.70. The van der Waals surface area contributed by atoms with Crippen molar-refractivity contribution in [2.45, 2.75) is 51.2 Å². The molecule has 230 valence electrons. The van der Waals surface area contributed by atoms with Gasteiger partial charge in [0.15, 0.2) is 0 Å². The summed E-state index contributed by atoms with van der Waals surface area (Å²) in [7, 11) is 0. The molecule has 0 spiro atoms. The molecule has 7 nitrogen and oxygen atoms in total. The van der Waals surface area contributed by atoms with E-state index in [1.165, 1.54) is 0 Å². The lowest BCUT2D eigenvalue weighted by Gasteiger charge is -2.37. The summed E-state index contributed by atoms with van der Waals surface area (Å²) < 4.78 is 5.37. The molecule has 0 aliphatic carbocycles. The SMILES string of the molecule is CCOC(=O)CC(c1ccccc1)N1C(=O)c2cc(C#CCCCC#N)ccc2N(Cc2ccccc2)C(=O)C1c1ccccc1. The largest absolute Gasteiger partial charge is 0.466 e. The lowest BCUT2D eigenvalue weighted by Crippen LogP contribution is -2.44. The van der Waals surface area contributed by atoms with E-state index in [9.17, 15) is 14.4 Å². The van der Waals surface area contributed by atoms with E-state index in [0.717, 1.165) is 5.56 Å². The number of hydrogen-bond acceptors (Lipinski definition) is 5. The first-order valence-electron chi connectivity index (χ1n) is 15.4. The molecule has 0 N–H and O–H groups in total. The third kappa shape index (κ3) is 7.34. The molecule has 5 rings (SSSR count). The van der Waals surface area contributed by atoms with Crippen LogP contribution >= 0.6 is 0 Å². The van der Waals surface area contributed by atoms with E-state index in [-0.39, 0.29) is 31.4 Å². The number of nitriles is 1. The molecule has 4 aromatic rings. The molecule has 2 atom stereocenters. The summed E-state index contributed by atoms with van der Waals surface area (Å²) in [5.41, 5.74) is 3.66. The number of anilines is 1. The smallest absolute Gasteiger partial charge is 0.308 e. The average molecular weight is 610 g/mol. The normalized spacial score (nSPS) is 14.7. The van der Waals surface area contributed by atoms with Crippen LogP contribution in [0.2, 0.25) is 0 Å². The van der Waals surface area contributed by atoms with Crippen molar-refractivity contribution in [3.63, 3.8) is 0 Å². The molecule has 0 fully saturated rings. The van der Waals surface area contributed by atoms with Gasteiger partial charge in [-0.1, -0.05) is 103 Å². The number of ether oxygens (including phenoxy) is 1. The molecule has 0 saturated heterocycles. The van der Waals surface area contributed by atoms with E-state index in [1.807, 2.05) is 97.1 Å². The molecule has 2 unspecified atom stereocenters. The van der Waals surface area contributed by atoms with E-state index >= 15 is 0 Å². The number of amides is 2. The van der Waals surface area contributed by atoms with Gasteiger partial charge < -0.3 is 14.5 Å². The second-order valence-corrected chi connectivity index (χ2v) is 10.9. The second kappa shape index (κ2) is 15.4. The van der Waals surface area contributed by atoms with Crippen molar-refractivity contribution in [2.24, 2.45) is 0 Å². The van der Waals surface area contributed by atoms with Gasteiger partial charge in [-0.2, -0.15) is 5.26 Å². The average Bonchev–Trinajstić information content (AvgIpc) is 3.17.